The van der Waals surface area contributed by atoms with Crippen LogP contribution in [0.15, 0.2) is 33.6 Å². The van der Waals surface area contributed by atoms with Gasteiger partial charge in [0, 0.05) is 23.4 Å². The third-order valence-corrected chi connectivity index (χ3v) is 5.10. The Morgan fingerprint density at radius 3 is 2.50 bits per heavy atom. The summed E-state index contributed by atoms with van der Waals surface area (Å²) in [6, 6.07) is 9.53. The fourth-order valence-electron chi connectivity index (χ4n) is 2.72. The van der Waals surface area contributed by atoms with E-state index in [1.165, 1.54) is 36.1 Å². The van der Waals surface area contributed by atoms with Gasteiger partial charge in [-0.2, -0.15) is 0 Å². The average Bonchev–Trinajstić information content (AvgIpc) is 3.46. The molecule has 0 N–H and O–H groups in total. The highest BCUT2D eigenvalue weighted by molar-refractivity contribution is 7.98. The van der Waals surface area contributed by atoms with Crippen molar-refractivity contribution in [2.45, 2.75) is 55.6 Å². The fourth-order valence-corrected chi connectivity index (χ4v) is 3.13. The van der Waals surface area contributed by atoms with Gasteiger partial charge >= 0.3 is 0 Å². The van der Waals surface area contributed by atoms with Crippen LogP contribution in [0.2, 0.25) is 0 Å². The molecule has 0 saturated heterocycles. The lowest BCUT2D eigenvalue weighted by Crippen LogP contribution is -2.25. The lowest BCUT2D eigenvalue weighted by molar-refractivity contribution is 0.218. The topological polar surface area (TPSA) is 42.2 Å². The van der Waals surface area contributed by atoms with Gasteiger partial charge in [0.05, 0.1) is 6.54 Å². The molecule has 0 bridgehead atoms. The average molecular weight is 315 g/mol. The number of nitrogens with zero attached hydrogens (tertiary/aromatic N) is 3. The molecular weight excluding hydrogens is 294 g/mol. The van der Waals surface area contributed by atoms with Crippen LogP contribution in [0.25, 0.3) is 0 Å². The molecule has 2 saturated carbocycles. The van der Waals surface area contributed by atoms with Crippen molar-refractivity contribution in [3.63, 3.8) is 0 Å². The molecule has 116 valence electrons. The lowest BCUT2D eigenvalue weighted by atomic mass is 10.2. The fraction of sp³-hybridized carbons (Fsp3) is 0.529. The smallest absolute Gasteiger partial charge is 0.230 e. The van der Waals surface area contributed by atoms with Crippen LogP contribution in [-0.2, 0) is 13.1 Å². The summed E-state index contributed by atoms with van der Waals surface area (Å²) in [5.41, 5.74) is 1.35. The number of benzene rings is 1. The molecule has 0 spiro atoms. The number of rotatable bonds is 7. The lowest BCUT2D eigenvalue weighted by Gasteiger charge is -2.20. The van der Waals surface area contributed by atoms with E-state index in [-0.39, 0.29) is 0 Å². The number of aromatic nitrogens is 2. The van der Waals surface area contributed by atoms with Crippen LogP contribution in [0.5, 0.6) is 0 Å². The van der Waals surface area contributed by atoms with Gasteiger partial charge in [0.1, 0.15) is 0 Å². The van der Waals surface area contributed by atoms with Gasteiger partial charge in [0.2, 0.25) is 11.8 Å². The maximum atomic E-state index is 5.82. The molecule has 0 aliphatic heterocycles. The summed E-state index contributed by atoms with van der Waals surface area (Å²) in [5.74, 6) is 2.15. The Balaban J connectivity index is 1.43. The van der Waals surface area contributed by atoms with Crippen molar-refractivity contribution in [1.82, 2.24) is 15.1 Å². The summed E-state index contributed by atoms with van der Waals surface area (Å²) in [4.78, 5) is 3.78. The summed E-state index contributed by atoms with van der Waals surface area (Å²) in [5, 5.41) is 8.43. The Bertz CT molecular complexity index is 632. The van der Waals surface area contributed by atoms with E-state index in [0.29, 0.717) is 12.0 Å². The molecule has 4 rings (SSSR count). The van der Waals surface area contributed by atoms with Gasteiger partial charge in [-0.15, -0.1) is 22.0 Å². The van der Waals surface area contributed by atoms with Crippen molar-refractivity contribution in [1.29, 1.82) is 0 Å². The molecule has 0 radical (unpaired) electrons. The monoisotopic (exact) mass is 315 g/mol. The van der Waals surface area contributed by atoms with Crippen molar-refractivity contribution in [3.8, 4) is 0 Å². The van der Waals surface area contributed by atoms with Gasteiger partial charge in [-0.1, -0.05) is 12.1 Å². The summed E-state index contributed by atoms with van der Waals surface area (Å²) >= 11 is 1.78. The quantitative estimate of drug-likeness (QED) is 0.726. The third kappa shape index (κ3) is 3.36. The summed E-state index contributed by atoms with van der Waals surface area (Å²) in [7, 11) is 0. The van der Waals surface area contributed by atoms with Gasteiger partial charge in [-0.3, -0.25) is 4.90 Å². The van der Waals surface area contributed by atoms with E-state index in [9.17, 15) is 0 Å². The molecule has 1 aromatic heterocycles. The van der Waals surface area contributed by atoms with Crippen LogP contribution in [0.4, 0.5) is 0 Å². The molecule has 2 aliphatic rings. The maximum absolute atomic E-state index is 5.82. The molecular formula is C17H21N3OS. The minimum atomic E-state index is 0.537. The molecule has 0 unspecified atom stereocenters. The second-order valence-corrected chi connectivity index (χ2v) is 7.17. The van der Waals surface area contributed by atoms with Gasteiger partial charge in [-0.05, 0) is 49.6 Å². The Kier molecular flexibility index (Phi) is 3.92. The van der Waals surface area contributed by atoms with Crippen LogP contribution >= 0.6 is 11.8 Å². The Hall–Kier alpha value is -1.33. The van der Waals surface area contributed by atoms with Crippen LogP contribution in [0.1, 0.15) is 48.9 Å². The van der Waals surface area contributed by atoms with E-state index < -0.39 is 0 Å². The largest absolute Gasteiger partial charge is 0.424 e. The van der Waals surface area contributed by atoms with Crippen molar-refractivity contribution in [3.05, 3.63) is 41.6 Å². The summed E-state index contributed by atoms with van der Waals surface area (Å²) < 4.78 is 5.82. The number of hydrogen-bond acceptors (Lipinski definition) is 5. The van der Waals surface area contributed by atoms with Crippen molar-refractivity contribution < 1.29 is 4.42 Å². The molecule has 0 amide bonds. The van der Waals surface area contributed by atoms with Crippen LogP contribution in [0, 0.1) is 0 Å². The number of thioether (sulfide) groups is 1. The zero-order chi connectivity index (χ0) is 14.9. The maximum Gasteiger partial charge on any atom is 0.230 e. The van der Waals surface area contributed by atoms with Gasteiger partial charge < -0.3 is 4.42 Å². The SMILES string of the molecule is CSc1ccc(CN(Cc2nnc(C3CC3)o2)C2CC2)cc1. The van der Waals surface area contributed by atoms with E-state index in [0.717, 1.165) is 24.9 Å². The van der Waals surface area contributed by atoms with Gasteiger partial charge in [-0.25, -0.2) is 0 Å². The molecule has 0 atom stereocenters. The molecule has 1 heterocycles. The first-order valence-corrected chi connectivity index (χ1v) is 9.23. The predicted octanol–water partition coefficient (Wildman–Crippen LogP) is 3.83. The third-order valence-electron chi connectivity index (χ3n) is 4.36. The molecule has 2 aromatic rings. The highest BCUT2D eigenvalue weighted by atomic mass is 32.2. The van der Waals surface area contributed by atoms with E-state index >= 15 is 0 Å². The van der Waals surface area contributed by atoms with E-state index in [1.807, 2.05) is 0 Å². The predicted molar refractivity (Wildman–Crippen MR) is 86.8 cm³/mol. The van der Waals surface area contributed by atoms with E-state index in [1.54, 1.807) is 11.8 Å². The zero-order valence-corrected chi connectivity index (χ0v) is 13.7. The Labute approximate surface area is 135 Å². The minimum absolute atomic E-state index is 0.537. The standard InChI is InChI=1S/C17H21N3OS/c1-22-15-8-2-12(3-9-15)10-20(14-6-7-14)11-16-18-19-17(21-16)13-4-5-13/h2-3,8-9,13-14H,4-7,10-11H2,1H3. The second kappa shape index (κ2) is 6.05. The molecule has 1 aromatic carbocycles. The zero-order valence-electron chi connectivity index (χ0n) is 12.9. The molecule has 22 heavy (non-hydrogen) atoms. The number of hydrogen-bond donors (Lipinski definition) is 0. The van der Waals surface area contributed by atoms with Crippen LogP contribution in [0.3, 0.4) is 0 Å². The first-order valence-electron chi connectivity index (χ1n) is 8.01. The normalized spacial score (nSPS) is 18.1. The van der Waals surface area contributed by atoms with E-state index in [4.69, 9.17) is 4.42 Å². The highest BCUT2D eigenvalue weighted by Gasteiger charge is 2.32. The van der Waals surface area contributed by atoms with Crippen molar-refractivity contribution in [2.24, 2.45) is 0 Å². The summed E-state index contributed by atoms with van der Waals surface area (Å²) in [6.07, 6.45) is 7.09. The summed E-state index contributed by atoms with van der Waals surface area (Å²) in [6.45, 7) is 1.73. The van der Waals surface area contributed by atoms with Crippen LogP contribution in [-0.4, -0.2) is 27.4 Å². The second-order valence-electron chi connectivity index (χ2n) is 6.29. The Morgan fingerprint density at radius 1 is 1.09 bits per heavy atom. The van der Waals surface area contributed by atoms with Crippen molar-refractivity contribution >= 4 is 11.8 Å². The molecule has 2 fully saturated rings. The minimum Gasteiger partial charge on any atom is -0.424 e. The Morgan fingerprint density at radius 2 is 1.86 bits per heavy atom. The molecule has 4 nitrogen and oxygen atoms in total. The van der Waals surface area contributed by atoms with E-state index in [2.05, 4.69) is 45.6 Å². The molecule has 2 aliphatic carbocycles. The highest BCUT2D eigenvalue weighted by Crippen LogP contribution is 2.39. The first kappa shape index (κ1) is 14.3. The van der Waals surface area contributed by atoms with Crippen LogP contribution < -0.4 is 0 Å². The van der Waals surface area contributed by atoms with Gasteiger partial charge in [0.15, 0.2) is 0 Å². The first-order chi connectivity index (χ1) is 10.8. The molecule has 5 heteroatoms. The van der Waals surface area contributed by atoms with Crippen molar-refractivity contribution in [2.75, 3.05) is 6.26 Å². The van der Waals surface area contributed by atoms with Gasteiger partial charge in [0.25, 0.3) is 0 Å².